The quantitative estimate of drug-likeness (QED) is 0.486. The molecule has 1 nitrogen and oxygen atoms in total. The lowest BCUT2D eigenvalue weighted by Gasteiger charge is -2.25. The van der Waals surface area contributed by atoms with Gasteiger partial charge in [0.05, 0.1) is 0 Å². The fraction of sp³-hybridized carbons (Fsp3) is 0.846. The lowest BCUT2D eigenvalue weighted by molar-refractivity contribution is 0.292. The predicted molar refractivity (Wildman–Crippen MR) is 64.2 cm³/mol. The van der Waals surface area contributed by atoms with E-state index in [1.54, 1.807) is 0 Å². The molecule has 0 rings (SSSR count). The van der Waals surface area contributed by atoms with Gasteiger partial charge in [-0.3, -0.25) is 0 Å². The van der Waals surface area contributed by atoms with Crippen molar-refractivity contribution in [2.24, 2.45) is 5.41 Å². The van der Waals surface area contributed by atoms with E-state index in [9.17, 15) is 0 Å². The lowest BCUT2D eigenvalue weighted by Crippen LogP contribution is -2.27. The lowest BCUT2D eigenvalue weighted by atomic mass is 9.84. The monoisotopic (exact) mass is 195 g/mol. The molecule has 0 fully saturated rings. The Morgan fingerprint density at radius 2 is 1.93 bits per heavy atom. The van der Waals surface area contributed by atoms with Crippen molar-refractivity contribution in [2.75, 3.05) is 6.54 Å². The van der Waals surface area contributed by atoms with Gasteiger partial charge in [0.2, 0.25) is 0 Å². The molecule has 0 unspecified atom stereocenters. The van der Waals surface area contributed by atoms with E-state index in [0.29, 0.717) is 11.5 Å². The van der Waals surface area contributed by atoms with Crippen molar-refractivity contribution in [1.29, 1.82) is 0 Å². The zero-order chi connectivity index (χ0) is 11.0. The normalized spacial score (nSPS) is 11.7. The molecule has 0 aromatic rings. The molecule has 0 atom stereocenters. The van der Waals surface area contributed by atoms with Crippen LogP contribution in [0.2, 0.25) is 0 Å². The Kier molecular flexibility index (Phi) is 6.66. The number of unbranched alkanes of at least 4 members (excludes halogenated alkanes) is 1. The Hall–Kier alpha value is -0.480. The predicted octanol–water partition coefficient (Wildman–Crippen LogP) is 3.20. The summed E-state index contributed by atoms with van der Waals surface area (Å²) in [7, 11) is 0. The molecule has 0 bridgehead atoms. The number of nitrogens with one attached hydrogen (secondary N) is 1. The van der Waals surface area contributed by atoms with E-state index in [4.69, 9.17) is 6.42 Å². The zero-order valence-electron chi connectivity index (χ0n) is 10.2. The molecule has 1 heteroatoms. The summed E-state index contributed by atoms with van der Waals surface area (Å²) in [5, 5.41) is 3.45. The van der Waals surface area contributed by atoms with Gasteiger partial charge < -0.3 is 5.32 Å². The van der Waals surface area contributed by atoms with Crippen molar-refractivity contribution in [3.63, 3.8) is 0 Å². The molecule has 0 aromatic heterocycles. The maximum Gasteiger partial charge on any atom is 0.00862 e. The SMILES string of the molecule is C#CCCCC(C)(C)CCNC(C)C. The van der Waals surface area contributed by atoms with Gasteiger partial charge in [-0.25, -0.2) is 0 Å². The molecule has 14 heavy (non-hydrogen) atoms. The first kappa shape index (κ1) is 13.5. The number of terminal acetylenes is 1. The second-order valence-corrected chi connectivity index (χ2v) is 5.08. The Morgan fingerprint density at radius 3 is 2.43 bits per heavy atom. The highest BCUT2D eigenvalue weighted by Gasteiger charge is 2.16. The van der Waals surface area contributed by atoms with Crippen molar-refractivity contribution in [3.8, 4) is 12.3 Å². The molecule has 0 saturated carbocycles. The minimum atomic E-state index is 0.429. The molecule has 0 aromatic carbocycles. The van der Waals surface area contributed by atoms with Gasteiger partial charge in [0, 0.05) is 12.5 Å². The van der Waals surface area contributed by atoms with Gasteiger partial charge in [-0.15, -0.1) is 12.3 Å². The van der Waals surface area contributed by atoms with Crippen LogP contribution in [0.3, 0.4) is 0 Å². The van der Waals surface area contributed by atoms with Crippen LogP contribution in [0.5, 0.6) is 0 Å². The van der Waals surface area contributed by atoms with E-state index in [2.05, 4.69) is 38.9 Å². The summed E-state index contributed by atoms with van der Waals surface area (Å²) in [5.41, 5.74) is 0.429. The molecule has 82 valence electrons. The Balaban J connectivity index is 3.56. The summed E-state index contributed by atoms with van der Waals surface area (Å²) in [5.74, 6) is 2.70. The fourth-order valence-corrected chi connectivity index (χ4v) is 1.49. The third kappa shape index (κ3) is 8.13. The maximum absolute atomic E-state index is 5.24. The van der Waals surface area contributed by atoms with E-state index in [1.165, 1.54) is 12.8 Å². The molecule has 0 heterocycles. The van der Waals surface area contributed by atoms with Crippen molar-refractivity contribution < 1.29 is 0 Å². The van der Waals surface area contributed by atoms with E-state index in [1.807, 2.05) is 0 Å². The average Bonchev–Trinajstić information content (AvgIpc) is 2.03. The van der Waals surface area contributed by atoms with Crippen LogP contribution >= 0.6 is 0 Å². The van der Waals surface area contributed by atoms with Crippen LogP contribution < -0.4 is 5.32 Å². The molecule has 0 radical (unpaired) electrons. The molecule has 0 saturated heterocycles. The molecular weight excluding hydrogens is 170 g/mol. The summed E-state index contributed by atoms with van der Waals surface area (Å²) in [4.78, 5) is 0. The third-order valence-electron chi connectivity index (χ3n) is 2.53. The maximum atomic E-state index is 5.24. The summed E-state index contributed by atoms with van der Waals surface area (Å²) < 4.78 is 0. The fourth-order valence-electron chi connectivity index (χ4n) is 1.49. The van der Waals surface area contributed by atoms with E-state index < -0.39 is 0 Å². The van der Waals surface area contributed by atoms with Crippen molar-refractivity contribution in [3.05, 3.63) is 0 Å². The first-order valence-corrected chi connectivity index (χ1v) is 5.65. The number of rotatable bonds is 7. The van der Waals surface area contributed by atoms with E-state index >= 15 is 0 Å². The highest BCUT2D eigenvalue weighted by Crippen LogP contribution is 2.26. The van der Waals surface area contributed by atoms with Crippen LogP contribution in [-0.4, -0.2) is 12.6 Å². The molecule has 1 N–H and O–H groups in total. The van der Waals surface area contributed by atoms with Crippen LogP contribution in [0, 0.1) is 17.8 Å². The topological polar surface area (TPSA) is 12.0 Å². The molecule has 0 aliphatic heterocycles. The van der Waals surface area contributed by atoms with E-state index in [0.717, 1.165) is 19.4 Å². The van der Waals surface area contributed by atoms with Gasteiger partial charge in [-0.1, -0.05) is 27.7 Å². The van der Waals surface area contributed by atoms with Gasteiger partial charge in [0.15, 0.2) is 0 Å². The summed E-state index contributed by atoms with van der Waals surface area (Å²) in [6.07, 6.45) is 9.78. The van der Waals surface area contributed by atoms with Crippen LogP contribution in [0.4, 0.5) is 0 Å². The molecule has 0 aliphatic carbocycles. The molecule has 0 amide bonds. The molecule has 0 spiro atoms. The van der Waals surface area contributed by atoms with Gasteiger partial charge in [-0.05, 0) is 31.2 Å². The largest absolute Gasteiger partial charge is 0.315 e. The third-order valence-corrected chi connectivity index (χ3v) is 2.53. The Bertz CT molecular complexity index is 174. The Labute approximate surface area is 89.7 Å². The van der Waals surface area contributed by atoms with Gasteiger partial charge in [0.25, 0.3) is 0 Å². The molecular formula is C13H25N. The standard InChI is InChI=1S/C13H25N/c1-6-7-8-9-13(4,5)10-11-14-12(2)3/h1,12,14H,7-11H2,2-5H3. The van der Waals surface area contributed by atoms with Crippen LogP contribution in [0.15, 0.2) is 0 Å². The van der Waals surface area contributed by atoms with Crippen molar-refractivity contribution in [2.45, 2.75) is 59.4 Å². The van der Waals surface area contributed by atoms with Crippen LogP contribution in [0.1, 0.15) is 53.4 Å². The average molecular weight is 195 g/mol. The minimum Gasteiger partial charge on any atom is -0.315 e. The molecule has 0 aliphatic rings. The first-order chi connectivity index (χ1) is 6.48. The smallest absolute Gasteiger partial charge is 0.00862 e. The van der Waals surface area contributed by atoms with Crippen LogP contribution in [-0.2, 0) is 0 Å². The zero-order valence-corrected chi connectivity index (χ0v) is 10.2. The van der Waals surface area contributed by atoms with Crippen molar-refractivity contribution >= 4 is 0 Å². The van der Waals surface area contributed by atoms with Gasteiger partial charge in [-0.2, -0.15) is 0 Å². The van der Waals surface area contributed by atoms with Crippen molar-refractivity contribution in [1.82, 2.24) is 5.32 Å². The summed E-state index contributed by atoms with van der Waals surface area (Å²) in [6, 6.07) is 0.594. The first-order valence-electron chi connectivity index (χ1n) is 5.65. The second kappa shape index (κ2) is 6.90. The number of hydrogen-bond donors (Lipinski definition) is 1. The number of hydrogen-bond acceptors (Lipinski definition) is 1. The summed E-state index contributed by atoms with van der Waals surface area (Å²) in [6.45, 7) is 10.1. The Morgan fingerprint density at radius 1 is 1.29 bits per heavy atom. The second-order valence-electron chi connectivity index (χ2n) is 5.08. The van der Waals surface area contributed by atoms with Gasteiger partial charge >= 0.3 is 0 Å². The highest BCUT2D eigenvalue weighted by molar-refractivity contribution is 4.84. The van der Waals surface area contributed by atoms with Gasteiger partial charge in [0.1, 0.15) is 0 Å². The summed E-state index contributed by atoms with van der Waals surface area (Å²) >= 11 is 0. The van der Waals surface area contributed by atoms with Crippen LogP contribution in [0.25, 0.3) is 0 Å². The minimum absolute atomic E-state index is 0.429. The van der Waals surface area contributed by atoms with E-state index in [-0.39, 0.29) is 0 Å². The highest BCUT2D eigenvalue weighted by atomic mass is 14.9.